The molecular formula is C27H24N2O5S2. The topological polar surface area (TPSA) is 78.0 Å². The molecule has 4 rings (SSSR count). The van der Waals surface area contributed by atoms with Crippen molar-refractivity contribution in [3.63, 3.8) is 0 Å². The summed E-state index contributed by atoms with van der Waals surface area (Å²) in [6.45, 7) is 0. The zero-order valence-electron chi connectivity index (χ0n) is 20.0. The molecule has 0 bridgehead atoms. The minimum absolute atomic E-state index is 0.297. The van der Waals surface area contributed by atoms with Crippen molar-refractivity contribution < 1.29 is 23.8 Å². The zero-order valence-corrected chi connectivity index (χ0v) is 21.6. The van der Waals surface area contributed by atoms with Gasteiger partial charge in [-0.25, -0.2) is 4.79 Å². The first kappa shape index (κ1) is 25.4. The van der Waals surface area contributed by atoms with E-state index in [4.69, 9.17) is 26.4 Å². The molecule has 7 nitrogen and oxygen atoms in total. The van der Waals surface area contributed by atoms with Gasteiger partial charge in [-0.1, -0.05) is 66.4 Å². The molecule has 1 aliphatic rings. The van der Waals surface area contributed by atoms with E-state index in [1.54, 1.807) is 26.5 Å². The number of rotatable bonds is 8. The van der Waals surface area contributed by atoms with E-state index in [0.717, 1.165) is 28.5 Å². The summed E-state index contributed by atoms with van der Waals surface area (Å²) in [6.07, 6.45) is 3.68. The van der Waals surface area contributed by atoms with Crippen molar-refractivity contribution in [1.29, 1.82) is 0 Å². The van der Waals surface area contributed by atoms with Gasteiger partial charge in [-0.15, -0.1) is 0 Å². The molecule has 1 atom stereocenters. The first-order valence-corrected chi connectivity index (χ1v) is 12.3. The van der Waals surface area contributed by atoms with Crippen LogP contribution in [0.2, 0.25) is 0 Å². The molecule has 9 heteroatoms. The molecule has 2 heterocycles. The average molecular weight is 521 g/mol. The number of thiocarbonyl (C=S) groups is 1. The van der Waals surface area contributed by atoms with Crippen LogP contribution < -0.4 is 9.47 Å². The van der Waals surface area contributed by atoms with Gasteiger partial charge < -0.3 is 14.2 Å². The Bertz CT molecular complexity index is 1310. The fourth-order valence-corrected chi connectivity index (χ4v) is 5.25. The van der Waals surface area contributed by atoms with Gasteiger partial charge in [0.05, 0.1) is 31.9 Å². The number of ether oxygens (including phenoxy) is 3. The molecule has 1 saturated heterocycles. The summed E-state index contributed by atoms with van der Waals surface area (Å²) in [5.41, 5.74) is 3.11. The molecule has 0 radical (unpaired) electrons. The van der Waals surface area contributed by atoms with E-state index < -0.39 is 12.0 Å². The second-order valence-electron chi connectivity index (χ2n) is 7.80. The standard InChI is InChI=1S/C27H24N2O5S2/c1-32-22-11-7-10-19(24(22)33-2)20-13-12-18(16-28-20)15-23-25(30)29(27(35)36-23)21(26(31)34-3)14-17-8-5-4-6-9-17/h4-13,15-16,21H,14H2,1-3H3. The van der Waals surface area contributed by atoms with Crippen LogP contribution in [0.4, 0.5) is 0 Å². The van der Waals surface area contributed by atoms with Gasteiger partial charge in [0.1, 0.15) is 10.4 Å². The number of methoxy groups -OCH3 is 3. The smallest absolute Gasteiger partial charge is 0.329 e. The van der Waals surface area contributed by atoms with Crippen molar-refractivity contribution in [3.8, 4) is 22.8 Å². The van der Waals surface area contributed by atoms with Gasteiger partial charge in [-0.3, -0.25) is 14.7 Å². The zero-order chi connectivity index (χ0) is 25.7. The summed E-state index contributed by atoms with van der Waals surface area (Å²) in [7, 11) is 4.47. The predicted molar refractivity (Wildman–Crippen MR) is 144 cm³/mol. The number of para-hydroxylation sites is 1. The number of carbonyl (C=O) groups excluding carboxylic acids is 2. The van der Waals surface area contributed by atoms with Crippen LogP contribution in [0.5, 0.6) is 11.5 Å². The number of nitrogens with zero attached hydrogens (tertiary/aromatic N) is 2. The molecule has 1 aromatic heterocycles. The summed E-state index contributed by atoms with van der Waals surface area (Å²) in [6, 6.07) is 17.9. The molecule has 184 valence electrons. The summed E-state index contributed by atoms with van der Waals surface area (Å²) in [5, 5.41) is 0. The Morgan fingerprint density at radius 2 is 1.83 bits per heavy atom. The largest absolute Gasteiger partial charge is 0.493 e. The molecule has 1 aliphatic heterocycles. The normalized spacial score (nSPS) is 15.2. The molecule has 0 aliphatic carbocycles. The third-order valence-corrected chi connectivity index (χ3v) is 6.97. The van der Waals surface area contributed by atoms with E-state index in [-0.39, 0.29) is 5.91 Å². The lowest BCUT2D eigenvalue weighted by atomic mass is 10.0. The van der Waals surface area contributed by atoms with Crippen LogP contribution in [0.25, 0.3) is 17.3 Å². The van der Waals surface area contributed by atoms with E-state index in [0.29, 0.717) is 32.8 Å². The third-order valence-electron chi connectivity index (χ3n) is 5.64. The summed E-state index contributed by atoms with van der Waals surface area (Å²) < 4.78 is 16.2. The first-order valence-electron chi connectivity index (χ1n) is 11.0. The van der Waals surface area contributed by atoms with Gasteiger partial charge in [0, 0.05) is 18.2 Å². The highest BCUT2D eigenvalue weighted by atomic mass is 32.2. The lowest BCUT2D eigenvalue weighted by Gasteiger charge is -2.24. The van der Waals surface area contributed by atoms with Gasteiger partial charge >= 0.3 is 5.97 Å². The molecule has 1 amide bonds. The van der Waals surface area contributed by atoms with Gasteiger partial charge in [-0.2, -0.15) is 0 Å². The van der Waals surface area contributed by atoms with E-state index in [2.05, 4.69) is 4.98 Å². The molecular weight excluding hydrogens is 496 g/mol. The molecule has 0 saturated carbocycles. The maximum atomic E-state index is 13.3. The van der Waals surface area contributed by atoms with E-state index in [1.807, 2.05) is 60.7 Å². The first-order chi connectivity index (χ1) is 17.5. The van der Waals surface area contributed by atoms with Crippen LogP contribution in [0.15, 0.2) is 71.8 Å². The van der Waals surface area contributed by atoms with Crippen molar-refractivity contribution in [2.24, 2.45) is 0 Å². The van der Waals surface area contributed by atoms with Crippen LogP contribution in [0.3, 0.4) is 0 Å². The highest BCUT2D eigenvalue weighted by molar-refractivity contribution is 8.26. The summed E-state index contributed by atoms with van der Waals surface area (Å²) in [4.78, 5) is 32.2. The van der Waals surface area contributed by atoms with E-state index in [1.165, 1.54) is 12.0 Å². The summed E-state index contributed by atoms with van der Waals surface area (Å²) in [5.74, 6) is 0.345. The van der Waals surface area contributed by atoms with Crippen LogP contribution >= 0.6 is 24.0 Å². The van der Waals surface area contributed by atoms with Crippen LogP contribution in [0, 0.1) is 0 Å². The Hall–Kier alpha value is -3.69. The molecule has 36 heavy (non-hydrogen) atoms. The maximum Gasteiger partial charge on any atom is 0.329 e. The lowest BCUT2D eigenvalue weighted by molar-refractivity contribution is -0.148. The molecule has 3 aromatic rings. The summed E-state index contributed by atoms with van der Waals surface area (Å²) >= 11 is 6.64. The Morgan fingerprint density at radius 3 is 2.47 bits per heavy atom. The van der Waals surface area contributed by atoms with Gasteiger partial charge in [0.2, 0.25) is 0 Å². The number of pyridine rings is 1. The minimum Gasteiger partial charge on any atom is -0.493 e. The monoisotopic (exact) mass is 520 g/mol. The van der Waals surface area contributed by atoms with Crippen molar-refractivity contribution in [1.82, 2.24) is 9.88 Å². The number of benzene rings is 2. The number of amides is 1. The second-order valence-corrected chi connectivity index (χ2v) is 9.47. The SMILES string of the molecule is COC(=O)C(Cc1ccccc1)N1C(=O)C(=Cc2ccc(-c3cccc(OC)c3OC)nc2)SC1=S. The number of esters is 1. The van der Waals surface area contributed by atoms with Crippen LogP contribution in [-0.4, -0.2) is 53.5 Å². The Labute approximate surface area is 219 Å². The Kier molecular flexibility index (Phi) is 8.02. The van der Waals surface area contributed by atoms with E-state index in [9.17, 15) is 9.59 Å². The number of carbonyl (C=O) groups is 2. The number of hydrogen-bond donors (Lipinski definition) is 0. The quantitative estimate of drug-likeness (QED) is 0.239. The van der Waals surface area contributed by atoms with E-state index >= 15 is 0 Å². The number of aromatic nitrogens is 1. The van der Waals surface area contributed by atoms with Gasteiger partial charge in [0.25, 0.3) is 5.91 Å². The minimum atomic E-state index is -0.850. The highest BCUT2D eigenvalue weighted by Crippen LogP contribution is 2.38. The van der Waals surface area contributed by atoms with Gasteiger partial charge in [0.15, 0.2) is 11.5 Å². The van der Waals surface area contributed by atoms with Crippen LogP contribution in [-0.2, 0) is 20.7 Å². The predicted octanol–water partition coefficient (Wildman–Crippen LogP) is 4.75. The molecule has 0 spiro atoms. The van der Waals surface area contributed by atoms with Crippen molar-refractivity contribution in [3.05, 3.63) is 82.9 Å². The fraction of sp³-hybridized carbons (Fsp3) is 0.185. The fourth-order valence-electron chi connectivity index (χ4n) is 3.89. The lowest BCUT2D eigenvalue weighted by Crippen LogP contribution is -2.45. The molecule has 0 N–H and O–H groups in total. The third kappa shape index (κ3) is 5.27. The van der Waals surface area contributed by atoms with Crippen LogP contribution in [0.1, 0.15) is 11.1 Å². The molecule has 2 aromatic carbocycles. The van der Waals surface area contributed by atoms with Crippen molar-refractivity contribution in [2.75, 3.05) is 21.3 Å². The average Bonchev–Trinajstić information content (AvgIpc) is 3.19. The Balaban J connectivity index is 1.58. The second kappa shape index (κ2) is 11.4. The molecule has 1 unspecified atom stereocenters. The highest BCUT2D eigenvalue weighted by Gasteiger charge is 2.41. The van der Waals surface area contributed by atoms with Gasteiger partial charge in [-0.05, 0) is 35.4 Å². The number of thioether (sulfide) groups is 1. The van der Waals surface area contributed by atoms with Crippen molar-refractivity contribution >= 4 is 46.3 Å². The number of hydrogen-bond acceptors (Lipinski definition) is 8. The maximum absolute atomic E-state index is 13.3. The molecule has 1 fully saturated rings. The van der Waals surface area contributed by atoms with Crippen molar-refractivity contribution in [2.45, 2.75) is 12.5 Å². The Morgan fingerprint density at radius 1 is 1.06 bits per heavy atom.